The van der Waals surface area contributed by atoms with Gasteiger partial charge in [-0.05, 0) is 88.3 Å². The number of morpholine rings is 1. The molecule has 1 aliphatic heterocycles. The van der Waals surface area contributed by atoms with Crippen molar-refractivity contribution in [2.75, 3.05) is 26.2 Å². The minimum atomic E-state index is -3.74. The van der Waals surface area contributed by atoms with E-state index in [2.05, 4.69) is 5.32 Å². The van der Waals surface area contributed by atoms with Gasteiger partial charge in [-0.15, -0.1) is 0 Å². The molecule has 5 aliphatic rings. The van der Waals surface area contributed by atoms with E-state index in [1.165, 1.54) is 35.7 Å². The molecule has 4 aliphatic carbocycles. The molecule has 0 radical (unpaired) electrons. The minimum Gasteiger partial charge on any atom is -0.463 e. The number of benzene rings is 1. The topological polar surface area (TPSA) is 102 Å². The van der Waals surface area contributed by atoms with Gasteiger partial charge in [0.2, 0.25) is 10.0 Å². The number of hydrogen-bond donors (Lipinski definition) is 1. The highest BCUT2D eigenvalue weighted by atomic mass is 32.2. The monoisotopic (exact) mass is 504 g/mol. The third kappa shape index (κ3) is 5.00. The predicted molar refractivity (Wildman–Crippen MR) is 129 cm³/mol. The van der Waals surface area contributed by atoms with Crippen LogP contribution in [-0.4, -0.2) is 63.0 Å². The maximum Gasteiger partial charge on any atom is 0.312 e. The third-order valence-corrected chi connectivity index (χ3v) is 10.0. The van der Waals surface area contributed by atoms with Crippen molar-refractivity contribution in [3.8, 4) is 0 Å². The fraction of sp³-hybridized carbons (Fsp3) is 0.692. The van der Waals surface area contributed by atoms with E-state index < -0.39 is 15.9 Å². The molecular weight excluding hydrogens is 468 g/mol. The molecule has 192 valence electrons. The van der Waals surface area contributed by atoms with Gasteiger partial charge in [0.1, 0.15) is 6.61 Å². The van der Waals surface area contributed by atoms with Crippen LogP contribution in [0.5, 0.6) is 0 Å². The van der Waals surface area contributed by atoms with Crippen LogP contribution in [0, 0.1) is 23.2 Å². The Kier molecular flexibility index (Phi) is 6.70. The molecule has 1 N–H and O–H groups in total. The summed E-state index contributed by atoms with van der Waals surface area (Å²) in [6.07, 6.45) is 6.26. The van der Waals surface area contributed by atoms with Gasteiger partial charge in [0, 0.05) is 18.7 Å². The first kappa shape index (κ1) is 24.7. The Hall–Kier alpha value is -1.97. The summed E-state index contributed by atoms with van der Waals surface area (Å²) in [4.78, 5) is 25.7. The molecule has 1 aromatic rings. The van der Waals surface area contributed by atoms with E-state index in [4.69, 9.17) is 9.47 Å². The molecule has 0 spiro atoms. The van der Waals surface area contributed by atoms with E-state index in [1.807, 2.05) is 13.8 Å². The molecule has 4 saturated carbocycles. The van der Waals surface area contributed by atoms with Gasteiger partial charge >= 0.3 is 5.97 Å². The summed E-state index contributed by atoms with van der Waals surface area (Å²) >= 11 is 0. The molecule has 6 rings (SSSR count). The molecule has 35 heavy (non-hydrogen) atoms. The number of nitrogens with zero attached hydrogens (tertiary/aromatic N) is 1. The second-order valence-corrected chi connectivity index (χ2v) is 13.1. The second kappa shape index (κ2) is 9.48. The van der Waals surface area contributed by atoms with Crippen LogP contribution in [0.4, 0.5) is 0 Å². The smallest absolute Gasteiger partial charge is 0.312 e. The van der Waals surface area contributed by atoms with Gasteiger partial charge in [0.05, 0.1) is 29.1 Å². The average molecular weight is 505 g/mol. The number of esters is 1. The number of carbonyl (C=O) groups is 2. The third-order valence-electron chi connectivity index (χ3n) is 8.21. The van der Waals surface area contributed by atoms with Crippen molar-refractivity contribution >= 4 is 21.9 Å². The molecule has 0 unspecified atom stereocenters. The number of rotatable bonds is 7. The van der Waals surface area contributed by atoms with Crippen LogP contribution in [-0.2, 0) is 24.3 Å². The fourth-order valence-corrected chi connectivity index (χ4v) is 8.83. The number of carbonyl (C=O) groups excluding carboxylic acids is 2. The molecule has 1 aromatic carbocycles. The van der Waals surface area contributed by atoms with Crippen LogP contribution < -0.4 is 5.32 Å². The van der Waals surface area contributed by atoms with E-state index in [-0.39, 0.29) is 60.3 Å². The molecule has 1 heterocycles. The van der Waals surface area contributed by atoms with E-state index in [0.717, 1.165) is 19.3 Å². The molecule has 4 bridgehead atoms. The van der Waals surface area contributed by atoms with Crippen molar-refractivity contribution in [2.45, 2.75) is 69.5 Å². The molecular formula is C26H36N2O6S. The first-order valence-corrected chi connectivity index (χ1v) is 14.3. The summed E-state index contributed by atoms with van der Waals surface area (Å²) in [6.45, 7) is 4.55. The number of nitrogens with one attached hydrogen (secondary N) is 1. The SMILES string of the molecule is C[C@@H]1CN(S(=O)(=O)c2cccc(C(=O)NCCOC(=O)C34CC5CC(CC(C5)C3)C4)c2)C[C@H](C)O1. The summed E-state index contributed by atoms with van der Waals surface area (Å²) < 4.78 is 38.9. The largest absolute Gasteiger partial charge is 0.463 e. The fourth-order valence-electron chi connectivity index (χ4n) is 7.20. The zero-order valence-corrected chi connectivity index (χ0v) is 21.4. The molecule has 1 saturated heterocycles. The van der Waals surface area contributed by atoms with E-state index in [1.54, 1.807) is 12.1 Å². The standard InChI is InChI=1S/C26H36N2O6S/c1-17-15-28(16-18(2)34-17)35(31,32)23-5-3-4-22(11-23)24(29)27-6-7-33-25(30)26-12-19-8-20(13-26)10-21(9-19)14-26/h3-5,11,17-21H,6-10,12-16H2,1-2H3,(H,27,29)/t17-,18+,19?,20?,21?,26?. The Balaban J connectivity index is 1.15. The highest BCUT2D eigenvalue weighted by Gasteiger charge is 2.55. The summed E-state index contributed by atoms with van der Waals surface area (Å²) in [7, 11) is -3.74. The normalized spacial score (nSPS) is 34.5. The number of hydrogen-bond acceptors (Lipinski definition) is 6. The van der Waals surface area contributed by atoms with Crippen LogP contribution in [0.2, 0.25) is 0 Å². The van der Waals surface area contributed by atoms with Gasteiger partial charge in [0.15, 0.2) is 0 Å². The van der Waals surface area contributed by atoms with Crippen LogP contribution in [0.3, 0.4) is 0 Å². The van der Waals surface area contributed by atoms with Crippen LogP contribution in [0.1, 0.15) is 62.7 Å². The van der Waals surface area contributed by atoms with Crippen molar-refractivity contribution in [2.24, 2.45) is 23.2 Å². The average Bonchev–Trinajstić information content (AvgIpc) is 2.80. The Morgan fingerprint density at radius 2 is 1.66 bits per heavy atom. The highest BCUT2D eigenvalue weighted by Crippen LogP contribution is 2.60. The van der Waals surface area contributed by atoms with Crippen LogP contribution in [0.25, 0.3) is 0 Å². The molecule has 0 aromatic heterocycles. The lowest BCUT2D eigenvalue weighted by Crippen LogP contribution is -2.50. The van der Waals surface area contributed by atoms with E-state index in [0.29, 0.717) is 17.8 Å². The Morgan fingerprint density at radius 1 is 1.06 bits per heavy atom. The van der Waals surface area contributed by atoms with Gasteiger partial charge in [-0.2, -0.15) is 4.31 Å². The quantitative estimate of drug-likeness (QED) is 0.453. The lowest BCUT2D eigenvalue weighted by atomic mass is 9.49. The first-order valence-electron chi connectivity index (χ1n) is 12.9. The van der Waals surface area contributed by atoms with Gasteiger partial charge in [-0.25, -0.2) is 8.42 Å². The minimum absolute atomic E-state index is 0.0831. The van der Waals surface area contributed by atoms with Crippen LogP contribution >= 0.6 is 0 Å². The van der Waals surface area contributed by atoms with E-state index >= 15 is 0 Å². The maximum absolute atomic E-state index is 13.1. The molecule has 1 amide bonds. The van der Waals surface area contributed by atoms with Crippen molar-refractivity contribution in [3.05, 3.63) is 29.8 Å². The Labute approximate surface area is 207 Å². The van der Waals surface area contributed by atoms with Crippen molar-refractivity contribution in [1.29, 1.82) is 0 Å². The first-order chi connectivity index (χ1) is 16.6. The molecule has 8 nitrogen and oxygen atoms in total. The van der Waals surface area contributed by atoms with Gasteiger partial charge in [-0.3, -0.25) is 9.59 Å². The second-order valence-electron chi connectivity index (χ2n) is 11.2. The summed E-state index contributed by atoms with van der Waals surface area (Å²) in [5.41, 5.74) is -0.0523. The van der Waals surface area contributed by atoms with E-state index in [9.17, 15) is 18.0 Å². The summed E-state index contributed by atoms with van der Waals surface area (Å²) in [6, 6.07) is 6.06. The van der Waals surface area contributed by atoms with Gasteiger partial charge in [-0.1, -0.05) is 6.07 Å². The zero-order chi connectivity index (χ0) is 24.8. The number of sulfonamides is 1. The number of ether oxygens (including phenoxy) is 2. The van der Waals surface area contributed by atoms with Crippen molar-refractivity contribution in [3.63, 3.8) is 0 Å². The Morgan fingerprint density at radius 3 is 2.26 bits per heavy atom. The predicted octanol–water partition coefficient (Wildman–Crippen LogP) is 2.97. The lowest BCUT2D eigenvalue weighted by Gasteiger charge is -2.55. The summed E-state index contributed by atoms with van der Waals surface area (Å²) in [5.74, 6) is 1.51. The molecule has 9 heteroatoms. The maximum atomic E-state index is 13.1. The van der Waals surface area contributed by atoms with Gasteiger partial charge < -0.3 is 14.8 Å². The Bertz CT molecular complexity index is 1040. The van der Waals surface area contributed by atoms with Crippen molar-refractivity contribution < 1.29 is 27.5 Å². The molecule has 5 fully saturated rings. The molecule has 2 atom stereocenters. The number of amides is 1. The highest BCUT2D eigenvalue weighted by molar-refractivity contribution is 7.89. The van der Waals surface area contributed by atoms with Gasteiger partial charge in [0.25, 0.3) is 5.91 Å². The lowest BCUT2D eigenvalue weighted by molar-refractivity contribution is -0.171. The summed E-state index contributed by atoms with van der Waals surface area (Å²) in [5, 5.41) is 2.76. The van der Waals surface area contributed by atoms with Crippen LogP contribution in [0.15, 0.2) is 29.2 Å². The zero-order valence-electron chi connectivity index (χ0n) is 20.6. The van der Waals surface area contributed by atoms with Crippen molar-refractivity contribution in [1.82, 2.24) is 9.62 Å².